The molecule has 84 valence electrons. The fraction of sp³-hybridized carbons (Fsp3) is 0.273. The minimum Gasteiger partial charge on any atom is -0.332 e. The van der Waals surface area contributed by atoms with Crippen molar-refractivity contribution in [1.29, 1.82) is 0 Å². The summed E-state index contributed by atoms with van der Waals surface area (Å²) < 4.78 is 13.4. The highest BCUT2D eigenvalue weighted by Gasteiger charge is 2.26. The summed E-state index contributed by atoms with van der Waals surface area (Å²) in [6, 6.07) is 2.65. The van der Waals surface area contributed by atoms with E-state index in [9.17, 15) is 14.0 Å². The Bertz CT molecular complexity index is 485. The summed E-state index contributed by atoms with van der Waals surface area (Å²) >= 11 is 0. The number of nitrogens with zero attached hydrogens (tertiary/aromatic N) is 1. The molecule has 1 aromatic carbocycles. The first-order valence-corrected chi connectivity index (χ1v) is 4.85. The summed E-state index contributed by atoms with van der Waals surface area (Å²) in [5, 5.41) is 2.58. The topological polar surface area (TPSA) is 49.4 Å². The van der Waals surface area contributed by atoms with Crippen LogP contribution < -0.4 is 5.32 Å². The molecule has 0 spiro atoms. The lowest BCUT2D eigenvalue weighted by Gasteiger charge is -2.14. The predicted octanol–water partition coefficient (Wildman–Crippen LogP) is 1.16. The Kier molecular flexibility index (Phi) is 2.38. The predicted molar refractivity (Wildman–Crippen MR) is 56.7 cm³/mol. The van der Waals surface area contributed by atoms with Crippen molar-refractivity contribution in [2.24, 2.45) is 0 Å². The van der Waals surface area contributed by atoms with E-state index in [2.05, 4.69) is 5.32 Å². The van der Waals surface area contributed by atoms with E-state index in [0.717, 1.165) is 0 Å². The molecule has 0 aromatic heterocycles. The van der Waals surface area contributed by atoms with Crippen LogP contribution in [0.4, 0.5) is 10.1 Å². The van der Waals surface area contributed by atoms with Gasteiger partial charge in [0, 0.05) is 7.05 Å². The van der Waals surface area contributed by atoms with Gasteiger partial charge in [-0.2, -0.15) is 0 Å². The van der Waals surface area contributed by atoms with Gasteiger partial charge in [-0.25, -0.2) is 4.39 Å². The number of carbonyl (C=O) groups excluding carboxylic acids is 2. The molecule has 0 aliphatic carbocycles. The Balaban J connectivity index is 2.65. The highest BCUT2D eigenvalue weighted by Crippen LogP contribution is 2.25. The average Bonchev–Trinajstić information content (AvgIpc) is 2.32. The van der Waals surface area contributed by atoms with Crippen molar-refractivity contribution in [3.63, 3.8) is 0 Å². The maximum absolute atomic E-state index is 13.4. The molecule has 0 bridgehead atoms. The number of halogens is 1. The molecule has 1 aliphatic heterocycles. The minimum absolute atomic E-state index is 0.0193. The summed E-state index contributed by atoms with van der Waals surface area (Å²) in [6.45, 7) is 1.51. The van der Waals surface area contributed by atoms with Crippen LogP contribution in [0.15, 0.2) is 12.1 Å². The first kappa shape index (κ1) is 10.6. The Morgan fingerprint density at radius 3 is 2.75 bits per heavy atom. The summed E-state index contributed by atoms with van der Waals surface area (Å²) in [4.78, 5) is 24.6. The van der Waals surface area contributed by atoms with Gasteiger partial charge in [-0.1, -0.05) is 0 Å². The van der Waals surface area contributed by atoms with Gasteiger partial charge in [-0.3, -0.25) is 9.59 Å². The molecule has 16 heavy (non-hydrogen) atoms. The van der Waals surface area contributed by atoms with E-state index < -0.39 is 5.82 Å². The van der Waals surface area contributed by atoms with E-state index in [1.54, 1.807) is 0 Å². The second kappa shape index (κ2) is 3.59. The van der Waals surface area contributed by atoms with Crippen molar-refractivity contribution in [3.05, 3.63) is 29.1 Å². The van der Waals surface area contributed by atoms with Crippen molar-refractivity contribution in [2.45, 2.75) is 6.92 Å². The lowest BCUT2D eigenvalue weighted by Crippen LogP contribution is -2.31. The molecule has 0 fully saturated rings. The third kappa shape index (κ3) is 1.54. The number of amides is 2. The van der Waals surface area contributed by atoms with Gasteiger partial charge in [-0.05, 0) is 24.6 Å². The number of fused-ring (bicyclic) bond motifs is 1. The first-order valence-electron chi connectivity index (χ1n) is 4.85. The second-order valence-corrected chi connectivity index (χ2v) is 3.80. The zero-order chi connectivity index (χ0) is 11.9. The van der Waals surface area contributed by atoms with Gasteiger partial charge < -0.3 is 10.2 Å². The van der Waals surface area contributed by atoms with E-state index in [1.807, 2.05) is 0 Å². The Hall–Kier alpha value is -1.91. The summed E-state index contributed by atoms with van der Waals surface area (Å²) in [6.07, 6.45) is 0. The molecule has 2 amide bonds. The van der Waals surface area contributed by atoms with Crippen LogP contribution in [0.3, 0.4) is 0 Å². The number of nitrogens with one attached hydrogen (secondary N) is 1. The fourth-order valence-corrected chi connectivity index (χ4v) is 1.73. The standard InChI is InChI=1S/C11H11FN2O2/c1-6-7(12)3-4-8-10(6)11(16)14(2)5-9(15)13-8/h3-4H,5H2,1-2H3,(H,13,15). The third-order valence-electron chi connectivity index (χ3n) is 2.61. The molecule has 1 heterocycles. The van der Waals surface area contributed by atoms with Crippen LogP contribution in [0.25, 0.3) is 0 Å². The number of carbonyl (C=O) groups is 2. The monoisotopic (exact) mass is 222 g/mol. The van der Waals surface area contributed by atoms with Crippen LogP contribution in [-0.2, 0) is 4.79 Å². The molecule has 0 saturated heterocycles. The minimum atomic E-state index is -0.448. The van der Waals surface area contributed by atoms with Crippen molar-refractivity contribution >= 4 is 17.5 Å². The summed E-state index contributed by atoms with van der Waals surface area (Å²) in [5.41, 5.74) is 0.864. The van der Waals surface area contributed by atoms with Crippen molar-refractivity contribution in [3.8, 4) is 0 Å². The fourth-order valence-electron chi connectivity index (χ4n) is 1.73. The lowest BCUT2D eigenvalue weighted by molar-refractivity contribution is -0.116. The van der Waals surface area contributed by atoms with Crippen LogP contribution in [0, 0.1) is 12.7 Å². The zero-order valence-corrected chi connectivity index (χ0v) is 9.00. The van der Waals surface area contributed by atoms with Crippen molar-refractivity contribution < 1.29 is 14.0 Å². The van der Waals surface area contributed by atoms with Crippen LogP contribution in [-0.4, -0.2) is 30.3 Å². The first-order chi connectivity index (χ1) is 7.50. The normalized spacial score (nSPS) is 15.6. The molecule has 1 aromatic rings. The highest BCUT2D eigenvalue weighted by atomic mass is 19.1. The Morgan fingerprint density at radius 2 is 2.06 bits per heavy atom. The molecular weight excluding hydrogens is 211 g/mol. The number of hydrogen-bond acceptors (Lipinski definition) is 2. The van der Waals surface area contributed by atoms with Crippen LogP contribution >= 0.6 is 0 Å². The van der Waals surface area contributed by atoms with Gasteiger partial charge >= 0.3 is 0 Å². The average molecular weight is 222 g/mol. The quantitative estimate of drug-likeness (QED) is 0.716. The maximum atomic E-state index is 13.4. The van der Waals surface area contributed by atoms with E-state index in [-0.39, 0.29) is 29.5 Å². The molecule has 5 heteroatoms. The number of rotatable bonds is 0. The van der Waals surface area contributed by atoms with Crippen LogP contribution in [0.2, 0.25) is 0 Å². The van der Waals surface area contributed by atoms with Gasteiger partial charge in [0.05, 0.1) is 17.8 Å². The molecule has 0 atom stereocenters. The van der Waals surface area contributed by atoms with Crippen molar-refractivity contribution in [1.82, 2.24) is 4.90 Å². The van der Waals surface area contributed by atoms with Crippen molar-refractivity contribution in [2.75, 3.05) is 18.9 Å². The summed E-state index contributed by atoms with van der Waals surface area (Å²) in [7, 11) is 1.52. The number of hydrogen-bond donors (Lipinski definition) is 1. The Morgan fingerprint density at radius 1 is 1.38 bits per heavy atom. The molecule has 1 aliphatic rings. The zero-order valence-electron chi connectivity index (χ0n) is 9.00. The van der Waals surface area contributed by atoms with E-state index in [0.29, 0.717) is 5.69 Å². The maximum Gasteiger partial charge on any atom is 0.256 e. The molecule has 0 saturated carbocycles. The molecule has 0 radical (unpaired) electrons. The number of likely N-dealkylation sites (N-methyl/N-ethyl adjacent to an activating group) is 1. The van der Waals surface area contributed by atoms with Gasteiger partial charge in [-0.15, -0.1) is 0 Å². The largest absolute Gasteiger partial charge is 0.332 e. The van der Waals surface area contributed by atoms with Crippen LogP contribution in [0.5, 0.6) is 0 Å². The van der Waals surface area contributed by atoms with E-state index >= 15 is 0 Å². The SMILES string of the molecule is Cc1c(F)ccc2c1C(=O)N(C)CC(=O)N2. The van der Waals surface area contributed by atoms with Gasteiger partial charge in [0.1, 0.15) is 5.82 Å². The summed E-state index contributed by atoms with van der Waals surface area (Å²) in [5.74, 6) is -1.07. The molecule has 0 unspecified atom stereocenters. The molecular formula is C11H11FN2O2. The molecule has 1 N–H and O–H groups in total. The number of benzene rings is 1. The van der Waals surface area contributed by atoms with E-state index in [1.165, 1.54) is 31.0 Å². The lowest BCUT2D eigenvalue weighted by atomic mass is 10.1. The highest BCUT2D eigenvalue weighted by molar-refractivity contribution is 6.09. The molecule has 2 rings (SSSR count). The Labute approximate surface area is 92.0 Å². The smallest absolute Gasteiger partial charge is 0.256 e. The van der Waals surface area contributed by atoms with E-state index in [4.69, 9.17) is 0 Å². The second-order valence-electron chi connectivity index (χ2n) is 3.80. The molecule has 4 nitrogen and oxygen atoms in total. The van der Waals surface area contributed by atoms with Gasteiger partial charge in [0.2, 0.25) is 5.91 Å². The van der Waals surface area contributed by atoms with Crippen LogP contribution in [0.1, 0.15) is 15.9 Å². The number of anilines is 1. The third-order valence-corrected chi connectivity index (χ3v) is 2.61. The van der Waals surface area contributed by atoms with Gasteiger partial charge in [0.15, 0.2) is 0 Å². The van der Waals surface area contributed by atoms with Gasteiger partial charge in [0.25, 0.3) is 5.91 Å².